The molecule has 0 aromatic heterocycles. The Morgan fingerprint density at radius 2 is 1.91 bits per heavy atom. The lowest BCUT2D eigenvalue weighted by Gasteiger charge is -2.30. The lowest BCUT2D eigenvalue weighted by molar-refractivity contribution is -0.903. The van der Waals surface area contributed by atoms with Crippen molar-refractivity contribution in [2.24, 2.45) is 0 Å². The zero-order valence-corrected chi connectivity index (χ0v) is 15.4. The third-order valence-corrected chi connectivity index (χ3v) is 3.42. The van der Waals surface area contributed by atoms with Crippen molar-refractivity contribution in [2.75, 3.05) is 33.8 Å². The van der Waals surface area contributed by atoms with Crippen molar-refractivity contribution in [3.05, 3.63) is 47.7 Å². The first kappa shape index (κ1) is 21.5. The number of nitrogens with one attached hydrogen (secondary N) is 1. The van der Waals surface area contributed by atoms with E-state index in [9.17, 15) is 4.79 Å². The monoisotopic (exact) mass is 340 g/mol. The van der Waals surface area contributed by atoms with Gasteiger partial charge in [-0.2, -0.15) is 0 Å². The Balaban J connectivity index is 0.00000484. The largest absolute Gasteiger partial charge is 1.00 e. The van der Waals surface area contributed by atoms with Crippen LogP contribution in [0.15, 0.2) is 42.1 Å². The molecule has 0 unspecified atom stereocenters. The fourth-order valence-corrected chi connectivity index (χ4v) is 2.36. The van der Waals surface area contributed by atoms with E-state index in [1.807, 2.05) is 13.0 Å². The SMILES string of the molecule is CCOC(=O)/C=C(\C)NCCC[N+](C)(C)Cc1ccccc1.[Cl-]. The number of rotatable bonds is 9. The van der Waals surface area contributed by atoms with Crippen LogP contribution in [0, 0.1) is 0 Å². The van der Waals surface area contributed by atoms with Crippen molar-refractivity contribution in [2.45, 2.75) is 26.8 Å². The van der Waals surface area contributed by atoms with Crippen LogP contribution in [-0.4, -0.2) is 44.2 Å². The average molecular weight is 341 g/mol. The molecule has 0 bridgehead atoms. The molecular weight excluding hydrogens is 312 g/mol. The lowest BCUT2D eigenvalue weighted by Crippen LogP contribution is -3.00. The molecule has 0 spiro atoms. The number of benzene rings is 1. The van der Waals surface area contributed by atoms with Crippen molar-refractivity contribution in [3.63, 3.8) is 0 Å². The van der Waals surface area contributed by atoms with E-state index in [-0.39, 0.29) is 18.4 Å². The summed E-state index contributed by atoms with van der Waals surface area (Å²) in [5, 5.41) is 3.26. The summed E-state index contributed by atoms with van der Waals surface area (Å²) in [6.07, 6.45) is 2.56. The average Bonchev–Trinajstić information content (AvgIpc) is 2.44. The minimum atomic E-state index is -0.285. The van der Waals surface area contributed by atoms with Gasteiger partial charge < -0.3 is 26.9 Å². The fraction of sp³-hybridized carbons (Fsp3) is 0.500. The van der Waals surface area contributed by atoms with E-state index in [1.54, 1.807) is 6.92 Å². The first-order chi connectivity index (χ1) is 10.4. The first-order valence-corrected chi connectivity index (χ1v) is 7.88. The highest BCUT2D eigenvalue weighted by atomic mass is 35.5. The molecule has 0 atom stereocenters. The molecule has 0 aliphatic rings. The summed E-state index contributed by atoms with van der Waals surface area (Å²) in [4.78, 5) is 11.3. The number of hydrogen-bond donors (Lipinski definition) is 1. The van der Waals surface area contributed by atoms with Crippen molar-refractivity contribution in [1.29, 1.82) is 0 Å². The van der Waals surface area contributed by atoms with E-state index >= 15 is 0 Å². The zero-order valence-electron chi connectivity index (χ0n) is 14.6. The molecule has 1 N–H and O–H groups in total. The van der Waals surface area contributed by atoms with Crippen LogP contribution in [0.5, 0.6) is 0 Å². The third kappa shape index (κ3) is 9.97. The number of allylic oxidation sites excluding steroid dienone is 1. The Morgan fingerprint density at radius 3 is 2.52 bits per heavy atom. The molecule has 1 aromatic carbocycles. The summed E-state index contributed by atoms with van der Waals surface area (Å²) in [7, 11) is 4.49. The molecule has 23 heavy (non-hydrogen) atoms. The van der Waals surface area contributed by atoms with Crippen LogP contribution in [0.25, 0.3) is 0 Å². The van der Waals surface area contributed by atoms with Crippen LogP contribution in [-0.2, 0) is 16.1 Å². The predicted octanol–water partition coefficient (Wildman–Crippen LogP) is -0.286. The third-order valence-electron chi connectivity index (χ3n) is 3.42. The maximum Gasteiger partial charge on any atom is 0.332 e. The van der Waals surface area contributed by atoms with Gasteiger partial charge in [-0.1, -0.05) is 30.3 Å². The van der Waals surface area contributed by atoms with E-state index < -0.39 is 0 Å². The minimum absolute atomic E-state index is 0. The maximum absolute atomic E-state index is 11.3. The number of ether oxygens (including phenoxy) is 1. The number of hydrogen-bond acceptors (Lipinski definition) is 3. The van der Waals surface area contributed by atoms with E-state index in [0.29, 0.717) is 6.61 Å². The topological polar surface area (TPSA) is 38.3 Å². The van der Waals surface area contributed by atoms with Gasteiger partial charge in [0, 0.05) is 30.3 Å². The van der Waals surface area contributed by atoms with Crippen LogP contribution >= 0.6 is 0 Å². The number of nitrogens with zero attached hydrogens (tertiary/aromatic N) is 1. The Kier molecular flexibility index (Phi) is 10.4. The molecule has 1 rings (SSSR count). The number of esters is 1. The normalized spacial score (nSPS) is 11.6. The highest BCUT2D eigenvalue weighted by Gasteiger charge is 2.14. The highest BCUT2D eigenvalue weighted by Crippen LogP contribution is 2.09. The Bertz CT molecular complexity index is 487. The Labute approximate surface area is 146 Å². The van der Waals surface area contributed by atoms with Gasteiger partial charge in [0.25, 0.3) is 0 Å². The van der Waals surface area contributed by atoms with E-state index in [4.69, 9.17) is 4.74 Å². The smallest absolute Gasteiger partial charge is 0.332 e. The molecule has 0 saturated heterocycles. The fourth-order valence-electron chi connectivity index (χ4n) is 2.36. The lowest BCUT2D eigenvalue weighted by atomic mass is 10.2. The van der Waals surface area contributed by atoms with Crippen molar-refractivity contribution >= 4 is 5.97 Å². The minimum Gasteiger partial charge on any atom is -1.00 e. The molecule has 0 radical (unpaired) electrons. The van der Waals surface area contributed by atoms with Crippen molar-refractivity contribution < 1.29 is 26.4 Å². The summed E-state index contributed by atoms with van der Waals surface area (Å²) in [5.74, 6) is -0.285. The molecular formula is C18H29ClN2O2. The molecule has 0 saturated carbocycles. The van der Waals surface area contributed by atoms with Gasteiger partial charge in [-0.25, -0.2) is 4.79 Å². The van der Waals surface area contributed by atoms with Gasteiger partial charge in [0.05, 0.1) is 27.2 Å². The quantitative estimate of drug-likeness (QED) is 0.291. The summed E-state index contributed by atoms with van der Waals surface area (Å²) in [6, 6.07) is 10.6. The second kappa shape index (κ2) is 11.1. The second-order valence-electron chi connectivity index (χ2n) is 6.16. The van der Waals surface area contributed by atoms with Gasteiger partial charge in [-0.15, -0.1) is 0 Å². The standard InChI is InChI=1S/C18H28N2O2.ClH/c1-5-22-18(21)14-16(2)19-12-9-13-20(3,4)15-17-10-7-6-8-11-17;/h6-8,10-11,14H,5,9,12-13,15H2,1-4H3;1H. The van der Waals surface area contributed by atoms with Gasteiger partial charge in [0.1, 0.15) is 6.54 Å². The molecule has 0 aliphatic heterocycles. The molecule has 0 amide bonds. The van der Waals surface area contributed by atoms with Gasteiger partial charge in [0.15, 0.2) is 0 Å². The number of carbonyl (C=O) groups excluding carboxylic acids is 1. The van der Waals surface area contributed by atoms with Gasteiger partial charge in [-0.05, 0) is 13.8 Å². The first-order valence-electron chi connectivity index (χ1n) is 7.88. The molecule has 0 fully saturated rings. The van der Waals surface area contributed by atoms with Crippen LogP contribution in [0.2, 0.25) is 0 Å². The second-order valence-corrected chi connectivity index (χ2v) is 6.16. The number of carbonyl (C=O) groups is 1. The van der Waals surface area contributed by atoms with Gasteiger partial charge >= 0.3 is 5.97 Å². The highest BCUT2D eigenvalue weighted by molar-refractivity contribution is 5.82. The Hall–Kier alpha value is -1.52. The molecule has 0 aliphatic carbocycles. The van der Waals surface area contributed by atoms with Crippen molar-refractivity contribution in [1.82, 2.24) is 5.32 Å². The van der Waals surface area contributed by atoms with Crippen LogP contribution in [0.1, 0.15) is 25.8 Å². The summed E-state index contributed by atoms with van der Waals surface area (Å²) >= 11 is 0. The van der Waals surface area contributed by atoms with Crippen LogP contribution < -0.4 is 17.7 Å². The maximum atomic E-state index is 11.3. The summed E-state index contributed by atoms with van der Waals surface area (Å²) in [6.45, 7) is 7.07. The predicted molar refractivity (Wildman–Crippen MR) is 90.1 cm³/mol. The van der Waals surface area contributed by atoms with Gasteiger partial charge in [-0.3, -0.25) is 0 Å². The van der Waals surface area contributed by atoms with Crippen molar-refractivity contribution in [3.8, 4) is 0 Å². The molecule has 4 nitrogen and oxygen atoms in total. The molecule has 5 heteroatoms. The number of quaternary nitrogens is 1. The van der Waals surface area contributed by atoms with Gasteiger partial charge in [0.2, 0.25) is 0 Å². The summed E-state index contributed by atoms with van der Waals surface area (Å²) < 4.78 is 5.83. The van der Waals surface area contributed by atoms with Crippen LogP contribution in [0.4, 0.5) is 0 Å². The van der Waals surface area contributed by atoms with E-state index in [2.05, 4.69) is 43.7 Å². The molecule has 130 valence electrons. The molecule has 1 aromatic rings. The summed E-state index contributed by atoms with van der Waals surface area (Å²) in [5.41, 5.74) is 2.21. The van der Waals surface area contributed by atoms with E-state index in [0.717, 1.165) is 36.2 Å². The number of halogens is 1. The van der Waals surface area contributed by atoms with Crippen LogP contribution in [0.3, 0.4) is 0 Å². The Morgan fingerprint density at radius 1 is 1.26 bits per heavy atom. The van der Waals surface area contributed by atoms with E-state index in [1.165, 1.54) is 11.6 Å². The zero-order chi connectivity index (χ0) is 16.4. The molecule has 0 heterocycles.